The third-order valence-electron chi connectivity index (χ3n) is 1.62. The van der Waals surface area contributed by atoms with Gasteiger partial charge in [-0.2, -0.15) is 0 Å². The maximum atomic E-state index is 9.42. The molecule has 0 spiro atoms. The first kappa shape index (κ1) is 10.6. The zero-order valence-electron chi connectivity index (χ0n) is 7.90. The molecule has 0 aliphatic carbocycles. The molecule has 4 nitrogen and oxygen atoms in total. The zero-order chi connectivity index (χ0) is 9.68. The van der Waals surface area contributed by atoms with Crippen LogP contribution >= 0.6 is 11.8 Å². The summed E-state index contributed by atoms with van der Waals surface area (Å²) >= 11 is 1.56. The van der Waals surface area contributed by atoms with Gasteiger partial charge in [-0.1, -0.05) is 11.8 Å². The van der Waals surface area contributed by atoms with E-state index < -0.39 is 0 Å². The Morgan fingerprint density at radius 3 is 3.08 bits per heavy atom. The fraction of sp³-hybridized carbons (Fsp3) is 0.625. The van der Waals surface area contributed by atoms with E-state index in [-0.39, 0.29) is 6.10 Å². The third kappa shape index (κ3) is 3.38. The number of imidazole rings is 1. The SMILES string of the molecule is CNCC(O)CSc1nccn1C. The van der Waals surface area contributed by atoms with Gasteiger partial charge in [0.25, 0.3) is 0 Å². The van der Waals surface area contributed by atoms with Crippen LogP contribution in [0.15, 0.2) is 17.6 Å². The molecule has 1 heterocycles. The van der Waals surface area contributed by atoms with E-state index in [9.17, 15) is 5.11 Å². The van der Waals surface area contributed by atoms with Crippen LogP contribution in [-0.4, -0.2) is 40.1 Å². The van der Waals surface area contributed by atoms with E-state index in [1.807, 2.05) is 24.9 Å². The molecule has 1 aromatic rings. The molecule has 5 heteroatoms. The van der Waals surface area contributed by atoms with Crippen molar-refractivity contribution < 1.29 is 5.11 Å². The van der Waals surface area contributed by atoms with Crippen LogP contribution in [0, 0.1) is 0 Å². The van der Waals surface area contributed by atoms with Gasteiger partial charge in [0.1, 0.15) is 0 Å². The maximum absolute atomic E-state index is 9.42. The lowest BCUT2D eigenvalue weighted by Gasteiger charge is -2.08. The number of nitrogens with one attached hydrogen (secondary N) is 1. The summed E-state index contributed by atoms with van der Waals surface area (Å²) in [6, 6.07) is 0. The molecule has 1 rings (SSSR count). The Balaban J connectivity index is 2.30. The highest BCUT2D eigenvalue weighted by Gasteiger charge is 2.05. The average molecular weight is 201 g/mol. The van der Waals surface area contributed by atoms with E-state index in [0.29, 0.717) is 12.3 Å². The first-order valence-corrected chi connectivity index (χ1v) is 5.15. The van der Waals surface area contributed by atoms with E-state index in [1.165, 1.54) is 0 Å². The largest absolute Gasteiger partial charge is 0.391 e. The van der Waals surface area contributed by atoms with Crippen LogP contribution in [0.5, 0.6) is 0 Å². The molecule has 74 valence electrons. The molecule has 0 radical (unpaired) electrons. The van der Waals surface area contributed by atoms with E-state index in [0.717, 1.165) is 5.16 Å². The molecule has 0 saturated heterocycles. The van der Waals surface area contributed by atoms with Crippen LogP contribution in [-0.2, 0) is 7.05 Å². The zero-order valence-corrected chi connectivity index (χ0v) is 8.71. The van der Waals surface area contributed by atoms with Crippen LogP contribution in [0.4, 0.5) is 0 Å². The summed E-state index contributed by atoms with van der Waals surface area (Å²) in [5.41, 5.74) is 0. The van der Waals surface area contributed by atoms with Gasteiger partial charge >= 0.3 is 0 Å². The molecule has 1 unspecified atom stereocenters. The van der Waals surface area contributed by atoms with Crippen molar-refractivity contribution in [1.29, 1.82) is 0 Å². The summed E-state index contributed by atoms with van der Waals surface area (Å²) in [6.07, 6.45) is 3.34. The second-order valence-corrected chi connectivity index (χ2v) is 3.83. The number of thioether (sulfide) groups is 1. The van der Waals surface area contributed by atoms with Crippen molar-refractivity contribution in [3.63, 3.8) is 0 Å². The van der Waals surface area contributed by atoms with Crippen molar-refractivity contribution in [1.82, 2.24) is 14.9 Å². The predicted molar refractivity (Wildman–Crippen MR) is 53.9 cm³/mol. The highest BCUT2D eigenvalue weighted by atomic mass is 32.2. The van der Waals surface area contributed by atoms with Crippen molar-refractivity contribution in [3.8, 4) is 0 Å². The van der Waals surface area contributed by atoms with Gasteiger partial charge in [0.05, 0.1) is 6.10 Å². The van der Waals surface area contributed by atoms with Gasteiger partial charge in [-0.15, -0.1) is 0 Å². The number of aliphatic hydroxyl groups excluding tert-OH is 1. The number of hydrogen-bond donors (Lipinski definition) is 2. The van der Waals surface area contributed by atoms with Gasteiger partial charge < -0.3 is 15.0 Å². The van der Waals surface area contributed by atoms with Crippen molar-refractivity contribution in [3.05, 3.63) is 12.4 Å². The summed E-state index contributed by atoms with van der Waals surface area (Å²) in [5, 5.41) is 13.3. The van der Waals surface area contributed by atoms with Crippen molar-refractivity contribution in [2.24, 2.45) is 7.05 Å². The Morgan fingerprint density at radius 1 is 1.77 bits per heavy atom. The summed E-state index contributed by atoms with van der Waals surface area (Å²) in [6.45, 7) is 0.622. The molecular formula is C8H15N3OS. The van der Waals surface area contributed by atoms with Gasteiger partial charge in [-0.05, 0) is 7.05 Å². The van der Waals surface area contributed by atoms with Crippen molar-refractivity contribution in [2.75, 3.05) is 19.3 Å². The highest BCUT2D eigenvalue weighted by molar-refractivity contribution is 7.99. The molecule has 2 N–H and O–H groups in total. The fourth-order valence-corrected chi connectivity index (χ4v) is 1.82. The van der Waals surface area contributed by atoms with E-state index in [1.54, 1.807) is 18.0 Å². The maximum Gasteiger partial charge on any atom is 0.167 e. The van der Waals surface area contributed by atoms with E-state index in [2.05, 4.69) is 10.3 Å². The Morgan fingerprint density at radius 2 is 2.54 bits per heavy atom. The minimum Gasteiger partial charge on any atom is -0.391 e. The molecule has 0 aliphatic rings. The quantitative estimate of drug-likeness (QED) is 0.663. The number of rotatable bonds is 5. The minimum absolute atomic E-state index is 0.313. The second kappa shape index (κ2) is 5.26. The predicted octanol–water partition coefficient (Wildman–Crippen LogP) is 0.0925. The second-order valence-electron chi connectivity index (χ2n) is 2.84. The average Bonchev–Trinajstić information content (AvgIpc) is 2.48. The minimum atomic E-state index is -0.313. The standard InChI is InChI=1S/C8H15N3OS/c1-9-5-7(12)6-13-8-10-3-4-11(8)2/h3-4,7,9,12H,5-6H2,1-2H3. The smallest absolute Gasteiger partial charge is 0.167 e. The molecule has 0 amide bonds. The van der Waals surface area contributed by atoms with Crippen LogP contribution in [0.1, 0.15) is 0 Å². The lowest BCUT2D eigenvalue weighted by Crippen LogP contribution is -2.25. The number of hydrogen-bond acceptors (Lipinski definition) is 4. The summed E-state index contributed by atoms with van der Waals surface area (Å²) in [5.74, 6) is 0.672. The lowest BCUT2D eigenvalue weighted by molar-refractivity contribution is 0.199. The van der Waals surface area contributed by atoms with Crippen molar-refractivity contribution in [2.45, 2.75) is 11.3 Å². The summed E-state index contributed by atoms with van der Waals surface area (Å²) in [7, 11) is 3.77. The van der Waals surface area contributed by atoms with Crippen LogP contribution in [0.25, 0.3) is 0 Å². The Bertz CT molecular complexity index is 251. The molecule has 0 fully saturated rings. The van der Waals surface area contributed by atoms with Gasteiger partial charge in [-0.3, -0.25) is 0 Å². The molecule has 1 atom stereocenters. The topological polar surface area (TPSA) is 50.1 Å². The normalized spacial score (nSPS) is 13.2. The number of aryl methyl sites for hydroxylation is 1. The van der Waals surface area contributed by atoms with E-state index >= 15 is 0 Å². The Kier molecular flexibility index (Phi) is 4.27. The van der Waals surface area contributed by atoms with Gasteiger partial charge in [0.15, 0.2) is 5.16 Å². The third-order valence-corrected chi connectivity index (χ3v) is 2.82. The molecule has 1 aromatic heterocycles. The number of nitrogens with zero attached hydrogens (tertiary/aromatic N) is 2. The summed E-state index contributed by atoms with van der Waals surface area (Å²) in [4.78, 5) is 4.14. The van der Waals surface area contributed by atoms with Crippen LogP contribution in [0.3, 0.4) is 0 Å². The fourth-order valence-electron chi connectivity index (χ4n) is 0.956. The van der Waals surface area contributed by atoms with E-state index in [4.69, 9.17) is 0 Å². The molecule has 0 aliphatic heterocycles. The van der Waals surface area contributed by atoms with Crippen LogP contribution in [0.2, 0.25) is 0 Å². The Labute approximate surface area is 82.4 Å². The number of likely N-dealkylation sites (N-methyl/N-ethyl adjacent to an activating group) is 1. The summed E-state index contributed by atoms with van der Waals surface area (Å²) < 4.78 is 1.94. The van der Waals surface area contributed by atoms with Gasteiger partial charge in [-0.25, -0.2) is 4.98 Å². The number of aliphatic hydroxyl groups is 1. The first-order chi connectivity index (χ1) is 6.24. The van der Waals surface area contributed by atoms with Gasteiger partial charge in [0, 0.05) is 31.7 Å². The monoisotopic (exact) mass is 201 g/mol. The molecule has 0 aromatic carbocycles. The lowest BCUT2D eigenvalue weighted by atomic mass is 10.4. The number of aromatic nitrogens is 2. The first-order valence-electron chi connectivity index (χ1n) is 4.17. The Hall–Kier alpha value is -0.520. The highest BCUT2D eigenvalue weighted by Crippen LogP contribution is 2.14. The molecule has 0 bridgehead atoms. The van der Waals surface area contributed by atoms with Crippen molar-refractivity contribution >= 4 is 11.8 Å². The van der Waals surface area contributed by atoms with Gasteiger partial charge in [0.2, 0.25) is 0 Å². The molecular weight excluding hydrogens is 186 g/mol. The molecule has 0 saturated carbocycles. The van der Waals surface area contributed by atoms with Crippen LogP contribution < -0.4 is 5.32 Å². The molecule has 13 heavy (non-hydrogen) atoms.